The van der Waals surface area contributed by atoms with Crippen molar-refractivity contribution in [2.24, 2.45) is 0 Å². The summed E-state index contributed by atoms with van der Waals surface area (Å²) in [4.78, 5) is 13.8. The predicted molar refractivity (Wildman–Crippen MR) is 105 cm³/mol. The molecule has 3 rings (SSSR count). The largest absolute Gasteiger partial charge is 0.395 e. The first-order chi connectivity index (χ1) is 12.3. The van der Waals surface area contributed by atoms with Crippen LogP contribution in [0.1, 0.15) is 11.3 Å². The van der Waals surface area contributed by atoms with Crippen LogP contribution in [0, 0.1) is 6.92 Å². The lowest BCUT2D eigenvalue weighted by molar-refractivity contribution is 0.294. The number of aliphatic hydroxyl groups excluding tert-OH is 1. The Balaban J connectivity index is 1.59. The van der Waals surface area contributed by atoms with Gasteiger partial charge in [-0.2, -0.15) is 0 Å². The second-order valence-electron chi connectivity index (χ2n) is 5.55. The van der Waals surface area contributed by atoms with Gasteiger partial charge >= 0.3 is 0 Å². The fourth-order valence-electron chi connectivity index (χ4n) is 2.43. The number of thioether (sulfide) groups is 2. The van der Waals surface area contributed by atoms with E-state index in [-0.39, 0.29) is 6.61 Å². The lowest BCUT2D eigenvalue weighted by atomic mass is 10.2. The molecule has 2 aromatic heterocycles. The van der Waals surface area contributed by atoms with Crippen molar-refractivity contribution in [2.45, 2.75) is 22.7 Å². The van der Waals surface area contributed by atoms with Crippen molar-refractivity contribution < 1.29 is 5.11 Å². The van der Waals surface area contributed by atoms with Crippen molar-refractivity contribution in [1.82, 2.24) is 20.3 Å². The summed E-state index contributed by atoms with van der Waals surface area (Å²) in [7, 11) is 0. The van der Waals surface area contributed by atoms with E-state index in [0.29, 0.717) is 6.54 Å². The van der Waals surface area contributed by atoms with E-state index in [2.05, 4.69) is 33.3 Å². The topological polar surface area (TPSA) is 73.8 Å². The second kappa shape index (κ2) is 9.24. The summed E-state index contributed by atoms with van der Waals surface area (Å²) < 4.78 is 0. The standard InChI is InChI=1S/C18H22N4OS2/c1-13-16(20-7-6-17(13)24-11-9-19-8-10-23)12-25-18-21-14-4-2-3-5-15(14)22-18/h2-7,19,23H,8-12H2,1H3,(H,21,22). The highest BCUT2D eigenvalue weighted by atomic mass is 32.2. The van der Waals surface area contributed by atoms with Gasteiger partial charge in [-0.1, -0.05) is 23.9 Å². The van der Waals surface area contributed by atoms with Crippen LogP contribution in [0.4, 0.5) is 0 Å². The first-order valence-corrected chi connectivity index (χ1v) is 10.2. The van der Waals surface area contributed by atoms with Gasteiger partial charge in [0.1, 0.15) is 0 Å². The molecule has 0 aliphatic rings. The third-order valence-electron chi connectivity index (χ3n) is 3.80. The molecular weight excluding hydrogens is 352 g/mol. The molecule has 0 fully saturated rings. The third-order valence-corrected chi connectivity index (χ3v) is 5.84. The molecule has 5 nitrogen and oxygen atoms in total. The molecule has 7 heteroatoms. The number of pyridine rings is 1. The van der Waals surface area contributed by atoms with E-state index in [9.17, 15) is 0 Å². The lowest BCUT2D eigenvalue weighted by Gasteiger charge is -2.09. The van der Waals surface area contributed by atoms with Gasteiger partial charge in [0.2, 0.25) is 0 Å². The number of aromatic nitrogens is 3. The van der Waals surface area contributed by atoms with Crippen molar-refractivity contribution >= 4 is 34.6 Å². The normalized spacial score (nSPS) is 11.3. The number of fused-ring (bicyclic) bond motifs is 1. The Hall–Kier alpha value is -1.54. The molecule has 3 aromatic rings. The number of para-hydroxylation sites is 2. The van der Waals surface area contributed by atoms with Crippen LogP contribution in [0.15, 0.2) is 46.6 Å². The highest BCUT2D eigenvalue weighted by Gasteiger charge is 2.09. The minimum Gasteiger partial charge on any atom is -0.395 e. The highest BCUT2D eigenvalue weighted by molar-refractivity contribution is 7.99. The van der Waals surface area contributed by atoms with Gasteiger partial charge in [0.25, 0.3) is 0 Å². The highest BCUT2D eigenvalue weighted by Crippen LogP contribution is 2.28. The number of aliphatic hydroxyl groups is 1. The van der Waals surface area contributed by atoms with Gasteiger partial charge in [0.05, 0.1) is 23.3 Å². The smallest absolute Gasteiger partial charge is 0.166 e. The fraction of sp³-hybridized carbons (Fsp3) is 0.333. The fourth-order valence-corrected chi connectivity index (χ4v) is 4.30. The van der Waals surface area contributed by atoms with Crippen LogP contribution in [-0.2, 0) is 5.75 Å². The van der Waals surface area contributed by atoms with Crippen molar-refractivity contribution in [1.29, 1.82) is 0 Å². The lowest BCUT2D eigenvalue weighted by Crippen LogP contribution is -2.20. The van der Waals surface area contributed by atoms with E-state index < -0.39 is 0 Å². The van der Waals surface area contributed by atoms with Crippen molar-refractivity contribution in [3.63, 3.8) is 0 Å². The molecule has 0 radical (unpaired) electrons. The van der Waals surface area contributed by atoms with Gasteiger partial charge in [0.15, 0.2) is 5.16 Å². The number of imidazole rings is 1. The summed E-state index contributed by atoms with van der Waals surface area (Å²) in [5, 5.41) is 12.9. The quantitative estimate of drug-likeness (QED) is 0.394. The Kier molecular flexibility index (Phi) is 6.75. The maximum absolute atomic E-state index is 8.77. The zero-order chi connectivity index (χ0) is 17.5. The molecule has 1 aromatic carbocycles. The molecule has 0 unspecified atom stereocenters. The number of nitrogens with one attached hydrogen (secondary N) is 2. The van der Waals surface area contributed by atoms with Crippen LogP contribution in [0.2, 0.25) is 0 Å². The molecule has 0 saturated carbocycles. The van der Waals surface area contributed by atoms with Crippen LogP contribution in [0.5, 0.6) is 0 Å². The summed E-state index contributed by atoms with van der Waals surface area (Å²) in [5.41, 5.74) is 4.39. The zero-order valence-corrected chi connectivity index (χ0v) is 15.8. The number of aromatic amines is 1. The van der Waals surface area contributed by atoms with E-state index in [1.165, 1.54) is 10.5 Å². The zero-order valence-electron chi connectivity index (χ0n) is 14.2. The van der Waals surface area contributed by atoms with Crippen molar-refractivity contribution in [2.75, 3.05) is 25.4 Å². The van der Waals surface area contributed by atoms with E-state index >= 15 is 0 Å². The van der Waals surface area contributed by atoms with E-state index in [0.717, 1.165) is 39.9 Å². The van der Waals surface area contributed by atoms with E-state index in [1.807, 2.05) is 42.2 Å². The molecule has 0 aliphatic heterocycles. The molecular formula is C18H22N4OS2. The van der Waals surface area contributed by atoms with Gasteiger partial charge in [-0.15, -0.1) is 11.8 Å². The summed E-state index contributed by atoms with van der Waals surface area (Å²) in [6.45, 7) is 3.85. The summed E-state index contributed by atoms with van der Waals surface area (Å²) >= 11 is 3.50. The van der Waals surface area contributed by atoms with E-state index in [4.69, 9.17) is 5.11 Å². The SMILES string of the molecule is Cc1c(SCCNCCO)ccnc1CSc1nc2ccccc2[nH]1. The van der Waals surface area contributed by atoms with Crippen LogP contribution < -0.4 is 5.32 Å². The van der Waals surface area contributed by atoms with Crippen molar-refractivity contribution in [3.05, 3.63) is 47.8 Å². The Morgan fingerprint density at radius 3 is 2.88 bits per heavy atom. The molecule has 132 valence electrons. The average Bonchev–Trinajstić information content (AvgIpc) is 3.05. The molecule has 0 atom stereocenters. The van der Waals surface area contributed by atoms with Crippen LogP contribution >= 0.6 is 23.5 Å². The molecule has 2 heterocycles. The Morgan fingerprint density at radius 1 is 1.16 bits per heavy atom. The van der Waals surface area contributed by atoms with Gasteiger partial charge in [-0.05, 0) is 30.7 Å². The molecule has 0 aliphatic carbocycles. The maximum atomic E-state index is 8.77. The molecule has 25 heavy (non-hydrogen) atoms. The Bertz CT molecular complexity index is 789. The predicted octanol–water partition coefficient (Wildman–Crippen LogP) is 3.23. The summed E-state index contributed by atoms with van der Waals surface area (Å²) in [6, 6.07) is 10.1. The number of benzene rings is 1. The van der Waals surface area contributed by atoms with Crippen molar-refractivity contribution in [3.8, 4) is 0 Å². The maximum Gasteiger partial charge on any atom is 0.166 e. The Morgan fingerprint density at radius 2 is 2.04 bits per heavy atom. The molecule has 3 N–H and O–H groups in total. The summed E-state index contributed by atoms with van der Waals surface area (Å²) in [5.74, 6) is 1.77. The molecule has 0 amide bonds. The average molecular weight is 375 g/mol. The monoisotopic (exact) mass is 374 g/mol. The second-order valence-corrected chi connectivity index (χ2v) is 7.65. The minimum atomic E-state index is 0.183. The molecule has 0 saturated heterocycles. The van der Waals surface area contributed by atoms with Crippen LogP contribution in [0.3, 0.4) is 0 Å². The summed E-state index contributed by atoms with van der Waals surface area (Å²) in [6.07, 6.45) is 1.88. The molecule has 0 bridgehead atoms. The van der Waals surface area contributed by atoms with Gasteiger partial charge < -0.3 is 15.4 Å². The first kappa shape index (κ1) is 18.3. The molecule has 0 spiro atoms. The number of H-pyrrole nitrogens is 1. The number of rotatable bonds is 9. The first-order valence-electron chi connectivity index (χ1n) is 8.24. The van der Waals surface area contributed by atoms with Gasteiger partial charge in [0, 0.05) is 35.7 Å². The third kappa shape index (κ3) is 4.98. The minimum absolute atomic E-state index is 0.183. The van der Waals surface area contributed by atoms with Gasteiger partial charge in [-0.25, -0.2) is 4.98 Å². The van der Waals surface area contributed by atoms with Crippen LogP contribution in [0.25, 0.3) is 11.0 Å². The Labute approximate surface area is 156 Å². The number of nitrogens with zero attached hydrogens (tertiary/aromatic N) is 2. The number of hydrogen-bond donors (Lipinski definition) is 3. The van der Waals surface area contributed by atoms with E-state index in [1.54, 1.807) is 11.8 Å². The van der Waals surface area contributed by atoms with Gasteiger partial charge in [-0.3, -0.25) is 4.98 Å². The number of hydrogen-bond acceptors (Lipinski definition) is 6. The van der Waals surface area contributed by atoms with Crippen LogP contribution in [-0.4, -0.2) is 45.5 Å².